The second-order valence-corrected chi connectivity index (χ2v) is 7.60. The molecule has 0 aromatic heterocycles. The van der Waals surface area contributed by atoms with E-state index in [1.807, 2.05) is 0 Å². The number of nitrogens with one attached hydrogen (secondary N) is 1. The molecule has 1 aromatic carbocycles. The van der Waals surface area contributed by atoms with E-state index in [1.54, 1.807) is 6.07 Å². The second-order valence-electron chi connectivity index (χ2n) is 5.48. The Morgan fingerprint density at radius 3 is 2.67 bits per heavy atom. The normalized spacial score (nSPS) is 23.0. The second kappa shape index (κ2) is 6.99. The van der Waals surface area contributed by atoms with E-state index in [2.05, 4.69) is 11.6 Å². The summed E-state index contributed by atoms with van der Waals surface area (Å²) in [7, 11) is -2.04. The van der Waals surface area contributed by atoms with Crippen LogP contribution in [0.15, 0.2) is 23.1 Å². The number of hydrogen-bond acceptors (Lipinski definition) is 3. The summed E-state index contributed by atoms with van der Waals surface area (Å²) in [5, 5.41) is 0.302. The van der Waals surface area contributed by atoms with Gasteiger partial charge in [0.25, 0.3) is 0 Å². The van der Waals surface area contributed by atoms with Gasteiger partial charge in [0.1, 0.15) is 5.75 Å². The summed E-state index contributed by atoms with van der Waals surface area (Å²) >= 11 is 6.02. The molecule has 0 spiro atoms. The van der Waals surface area contributed by atoms with Crippen molar-refractivity contribution in [3.05, 3.63) is 23.2 Å². The molecule has 1 saturated carbocycles. The van der Waals surface area contributed by atoms with Gasteiger partial charge in [-0.05, 0) is 37.0 Å². The van der Waals surface area contributed by atoms with Crippen LogP contribution < -0.4 is 9.46 Å². The third-order valence-corrected chi connectivity index (χ3v) is 5.96. The predicted molar refractivity (Wildman–Crippen MR) is 84.4 cm³/mol. The first-order valence-electron chi connectivity index (χ1n) is 7.33. The molecule has 0 amide bonds. The van der Waals surface area contributed by atoms with Crippen LogP contribution in [-0.2, 0) is 10.0 Å². The van der Waals surface area contributed by atoms with Gasteiger partial charge in [-0.15, -0.1) is 0 Å². The molecule has 0 aliphatic heterocycles. The van der Waals surface area contributed by atoms with Crippen LogP contribution in [0.5, 0.6) is 5.75 Å². The zero-order chi connectivity index (χ0) is 15.5. The van der Waals surface area contributed by atoms with E-state index >= 15 is 0 Å². The number of benzene rings is 1. The average Bonchev–Trinajstić information content (AvgIpc) is 2.47. The summed E-state index contributed by atoms with van der Waals surface area (Å²) in [5.74, 6) is 0.891. The van der Waals surface area contributed by atoms with E-state index in [9.17, 15) is 8.42 Å². The zero-order valence-corrected chi connectivity index (χ0v) is 14.0. The Morgan fingerprint density at radius 1 is 1.33 bits per heavy atom. The van der Waals surface area contributed by atoms with Gasteiger partial charge in [0.15, 0.2) is 0 Å². The van der Waals surface area contributed by atoms with Crippen molar-refractivity contribution in [3.8, 4) is 5.75 Å². The molecular weight excluding hydrogens is 310 g/mol. The number of methoxy groups -OCH3 is 1. The molecule has 0 heterocycles. The van der Waals surface area contributed by atoms with Gasteiger partial charge < -0.3 is 4.74 Å². The Kier molecular flexibility index (Phi) is 5.52. The Morgan fingerprint density at radius 2 is 2.05 bits per heavy atom. The predicted octanol–water partition coefficient (Wildman–Crippen LogP) is 3.60. The standard InChI is InChI=1S/C15H22ClNO3S/c1-3-11-6-4-5-7-14(11)17-21(18,19)12-8-9-15(20-2)13(16)10-12/h8-11,14,17H,3-7H2,1-2H3/t11-,14-/m1/s1. The first-order valence-corrected chi connectivity index (χ1v) is 9.20. The van der Waals surface area contributed by atoms with Crippen molar-refractivity contribution in [3.63, 3.8) is 0 Å². The first kappa shape index (κ1) is 16.6. The Bertz CT molecular complexity index is 589. The highest BCUT2D eigenvalue weighted by Crippen LogP contribution is 2.30. The molecule has 0 radical (unpaired) electrons. The maximum Gasteiger partial charge on any atom is 0.240 e. The van der Waals surface area contributed by atoms with Crippen molar-refractivity contribution in [2.24, 2.45) is 5.92 Å². The molecule has 1 aliphatic rings. The lowest BCUT2D eigenvalue weighted by Gasteiger charge is -2.31. The lowest BCUT2D eigenvalue weighted by atomic mass is 9.83. The molecule has 6 heteroatoms. The van der Waals surface area contributed by atoms with Crippen molar-refractivity contribution in [1.82, 2.24) is 4.72 Å². The fraction of sp³-hybridized carbons (Fsp3) is 0.600. The summed E-state index contributed by atoms with van der Waals surface area (Å²) in [6.07, 6.45) is 5.25. The number of ether oxygens (including phenoxy) is 1. The quantitative estimate of drug-likeness (QED) is 0.897. The van der Waals surface area contributed by atoms with E-state index in [-0.39, 0.29) is 10.9 Å². The van der Waals surface area contributed by atoms with Crippen molar-refractivity contribution in [2.45, 2.75) is 50.0 Å². The molecule has 2 atom stereocenters. The smallest absolute Gasteiger partial charge is 0.240 e. The average molecular weight is 332 g/mol. The molecule has 21 heavy (non-hydrogen) atoms. The molecule has 0 saturated heterocycles. The van der Waals surface area contributed by atoms with Crippen LogP contribution >= 0.6 is 11.6 Å². The van der Waals surface area contributed by atoms with Gasteiger partial charge in [-0.25, -0.2) is 13.1 Å². The van der Waals surface area contributed by atoms with Gasteiger partial charge >= 0.3 is 0 Å². The van der Waals surface area contributed by atoms with Crippen molar-refractivity contribution in [2.75, 3.05) is 7.11 Å². The summed E-state index contributed by atoms with van der Waals surface area (Å²) in [5.41, 5.74) is 0. The van der Waals surface area contributed by atoms with Crippen LogP contribution in [0.1, 0.15) is 39.0 Å². The molecule has 4 nitrogen and oxygen atoms in total. The molecule has 0 bridgehead atoms. The molecule has 2 rings (SSSR count). The SMILES string of the molecule is CC[C@@H]1CCCC[C@H]1NS(=O)(=O)c1ccc(OC)c(Cl)c1. The van der Waals surface area contributed by atoms with Gasteiger partial charge in [0.2, 0.25) is 10.0 Å². The van der Waals surface area contributed by atoms with Crippen LogP contribution in [0, 0.1) is 5.92 Å². The summed E-state index contributed by atoms with van der Waals surface area (Å²) in [6, 6.07) is 4.56. The van der Waals surface area contributed by atoms with Gasteiger partial charge in [-0.3, -0.25) is 0 Å². The molecule has 1 fully saturated rings. The van der Waals surface area contributed by atoms with E-state index in [0.29, 0.717) is 16.7 Å². The van der Waals surface area contributed by atoms with E-state index < -0.39 is 10.0 Å². The third kappa shape index (κ3) is 3.90. The summed E-state index contributed by atoms with van der Waals surface area (Å²) < 4.78 is 32.9. The Labute approximate surface area is 131 Å². The van der Waals surface area contributed by atoms with Crippen LogP contribution in [0.4, 0.5) is 0 Å². The van der Waals surface area contributed by atoms with Gasteiger partial charge in [-0.2, -0.15) is 0 Å². The third-order valence-electron chi connectivity index (χ3n) is 4.17. The van der Waals surface area contributed by atoms with Gasteiger partial charge in [-0.1, -0.05) is 37.8 Å². The van der Waals surface area contributed by atoms with Crippen molar-refractivity contribution >= 4 is 21.6 Å². The van der Waals surface area contributed by atoms with Crippen LogP contribution in [-0.4, -0.2) is 21.6 Å². The van der Waals surface area contributed by atoms with Crippen LogP contribution in [0.3, 0.4) is 0 Å². The molecule has 0 unspecified atom stereocenters. The highest BCUT2D eigenvalue weighted by Gasteiger charge is 2.28. The number of rotatable bonds is 5. The topological polar surface area (TPSA) is 55.4 Å². The summed E-state index contributed by atoms with van der Waals surface area (Å²) in [6.45, 7) is 2.11. The van der Waals surface area contributed by atoms with Crippen molar-refractivity contribution in [1.29, 1.82) is 0 Å². The van der Waals surface area contributed by atoms with Crippen LogP contribution in [0.25, 0.3) is 0 Å². The highest BCUT2D eigenvalue weighted by atomic mass is 35.5. The van der Waals surface area contributed by atoms with Gasteiger partial charge in [0.05, 0.1) is 17.0 Å². The van der Waals surface area contributed by atoms with E-state index in [4.69, 9.17) is 16.3 Å². The molecule has 118 valence electrons. The fourth-order valence-electron chi connectivity index (χ4n) is 2.93. The molecule has 1 aliphatic carbocycles. The highest BCUT2D eigenvalue weighted by molar-refractivity contribution is 7.89. The number of sulfonamides is 1. The lowest BCUT2D eigenvalue weighted by Crippen LogP contribution is -2.41. The molecule has 1 N–H and O–H groups in total. The Balaban J connectivity index is 2.19. The van der Waals surface area contributed by atoms with E-state index in [0.717, 1.165) is 25.7 Å². The van der Waals surface area contributed by atoms with E-state index in [1.165, 1.54) is 25.7 Å². The minimum absolute atomic E-state index is 0.0228. The minimum atomic E-state index is -3.54. The lowest BCUT2D eigenvalue weighted by molar-refractivity contribution is 0.282. The summed E-state index contributed by atoms with van der Waals surface area (Å²) in [4.78, 5) is 0.189. The zero-order valence-electron chi connectivity index (χ0n) is 12.4. The largest absolute Gasteiger partial charge is 0.495 e. The first-order chi connectivity index (χ1) is 9.97. The fourth-order valence-corrected chi connectivity index (χ4v) is 4.62. The minimum Gasteiger partial charge on any atom is -0.495 e. The number of hydrogen-bond donors (Lipinski definition) is 1. The maximum absolute atomic E-state index is 12.5. The number of halogens is 1. The molecule has 1 aromatic rings. The monoisotopic (exact) mass is 331 g/mol. The maximum atomic E-state index is 12.5. The van der Waals surface area contributed by atoms with Crippen LogP contribution in [0.2, 0.25) is 5.02 Å². The molecular formula is C15H22ClNO3S. The van der Waals surface area contributed by atoms with Gasteiger partial charge in [0, 0.05) is 6.04 Å². The van der Waals surface area contributed by atoms with Crippen molar-refractivity contribution < 1.29 is 13.2 Å². The Hall–Kier alpha value is -0.780.